The molecule has 136 valence electrons. The van der Waals surface area contributed by atoms with Crippen LogP contribution in [0.5, 0.6) is 0 Å². The van der Waals surface area contributed by atoms with Gasteiger partial charge in [-0.1, -0.05) is 42.5 Å². The molecule has 2 rings (SSSR count). The molecule has 0 aliphatic heterocycles. The number of ether oxygens (including phenoxy) is 1. The minimum atomic E-state index is -0.897. The van der Waals surface area contributed by atoms with Gasteiger partial charge in [-0.3, -0.25) is 4.79 Å². The normalized spacial score (nSPS) is 12.2. The molecule has 0 aliphatic rings. The second kappa shape index (κ2) is 7.93. The number of benzene rings is 2. The van der Waals surface area contributed by atoms with Crippen molar-refractivity contribution in [1.82, 2.24) is 5.32 Å². The number of fused-ring (bicyclic) bond motifs is 1. The van der Waals surface area contributed by atoms with Gasteiger partial charge in [0, 0.05) is 13.3 Å². The zero-order chi connectivity index (χ0) is 19.3. The number of carbonyl (C=O) groups is 2. The topological polar surface area (TPSA) is 91.8 Å². The van der Waals surface area contributed by atoms with E-state index in [-0.39, 0.29) is 12.1 Å². The van der Waals surface area contributed by atoms with E-state index in [0.717, 1.165) is 16.3 Å². The number of ketones is 1. The number of carbonyl (C=O) groups excluding carboxylic acids is 2. The summed E-state index contributed by atoms with van der Waals surface area (Å²) in [4.78, 5) is 27.7. The number of nitrogens with one attached hydrogen (secondary N) is 1. The Labute approximate surface area is 152 Å². The van der Waals surface area contributed by atoms with Crippen LogP contribution in [0.15, 0.2) is 42.5 Å². The van der Waals surface area contributed by atoms with Gasteiger partial charge in [-0.2, -0.15) is 4.79 Å². The van der Waals surface area contributed by atoms with Crippen LogP contribution in [0, 0.1) is 0 Å². The van der Waals surface area contributed by atoms with E-state index in [4.69, 9.17) is 10.3 Å². The maximum Gasteiger partial charge on any atom is 0.408 e. The van der Waals surface area contributed by atoms with Crippen LogP contribution >= 0.6 is 0 Å². The predicted octanol–water partition coefficient (Wildman–Crippen LogP) is 3.54. The maximum absolute atomic E-state index is 12.6. The molecule has 0 radical (unpaired) electrons. The highest BCUT2D eigenvalue weighted by Crippen LogP contribution is 2.20. The summed E-state index contributed by atoms with van der Waals surface area (Å²) in [6.45, 7) is 6.63. The fraction of sp³-hybridized carbons (Fsp3) is 0.350. The van der Waals surface area contributed by atoms with Crippen LogP contribution in [0.4, 0.5) is 4.79 Å². The molecular formula is C20H23N3O3. The van der Waals surface area contributed by atoms with E-state index in [1.165, 1.54) is 6.92 Å². The van der Waals surface area contributed by atoms with Gasteiger partial charge in [-0.25, -0.2) is 4.79 Å². The van der Waals surface area contributed by atoms with Crippen molar-refractivity contribution < 1.29 is 19.1 Å². The smallest absolute Gasteiger partial charge is 0.408 e. The van der Waals surface area contributed by atoms with Gasteiger partial charge in [0.15, 0.2) is 0 Å². The Hall–Kier alpha value is -2.98. The summed E-state index contributed by atoms with van der Waals surface area (Å²) in [5, 5.41) is 4.64. The maximum atomic E-state index is 12.6. The summed E-state index contributed by atoms with van der Waals surface area (Å²) < 4.78 is 5.25. The molecule has 0 bridgehead atoms. The highest BCUT2D eigenvalue weighted by Gasteiger charge is 2.30. The second-order valence-corrected chi connectivity index (χ2v) is 7.09. The van der Waals surface area contributed by atoms with Crippen molar-refractivity contribution in [3.63, 3.8) is 0 Å². The van der Waals surface area contributed by atoms with E-state index < -0.39 is 23.5 Å². The standard InChI is InChI=1S/C20H23N3O3/c1-13(23-21)18(24)17(22-19(25)26-20(2,3)4)12-15-10-7-9-14-8-5-6-11-16(14)15/h5-11,17H,12H2,1-4H3,(H,22,25)/t17-/m0/s1. The lowest BCUT2D eigenvalue weighted by Crippen LogP contribution is -2.46. The van der Waals surface area contributed by atoms with Crippen LogP contribution in [0.25, 0.3) is 16.3 Å². The molecule has 0 spiro atoms. The molecule has 1 amide bonds. The second-order valence-electron chi connectivity index (χ2n) is 7.09. The first-order valence-electron chi connectivity index (χ1n) is 8.40. The Morgan fingerprint density at radius 3 is 2.46 bits per heavy atom. The summed E-state index contributed by atoms with van der Waals surface area (Å²) in [6, 6.07) is 12.7. The van der Waals surface area contributed by atoms with Gasteiger partial charge >= 0.3 is 11.8 Å². The Balaban J connectivity index is 2.33. The first-order chi connectivity index (χ1) is 12.2. The van der Waals surface area contributed by atoms with E-state index in [0.29, 0.717) is 0 Å². The third-order valence-corrected chi connectivity index (χ3v) is 3.82. The van der Waals surface area contributed by atoms with Crippen molar-refractivity contribution in [3.8, 4) is 0 Å². The molecule has 0 heterocycles. The summed E-state index contributed by atoms with van der Waals surface area (Å²) in [5.74, 6) is -0.466. The summed E-state index contributed by atoms with van der Waals surface area (Å²) in [5.41, 5.74) is 9.08. The summed E-state index contributed by atoms with van der Waals surface area (Å²) in [7, 11) is 0. The highest BCUT2D eigenvalue weighted by molar-refractivity contribution is 6.38. The molecule has 6 nitrogen and oxygen atoms in total. The minimum absolute atomic E-state index is 0.0775. The number of hydrogen-bond acceptors (Lipinski definition) is 3. The molecule has 0 aromatic heterocycles. The summed E-state index contributed by atoms with van der Waals surface area (Å²) in [6.07, 6.45) is -0.437. The number of alkyl carbamates (subject to hydrolysis) is 1. The van der Waals surface area contributed by atoms with E-state index in [9.17, 15) is 9.59 Å². The average Bonchev–Trinajstić information content (AvgIpc) is 2.58. The molecule has 6 heteroatoms. The third-order valence-electron chi connectivity index (χ3n) is 3.82. The minimum Gasteiger partial charge on any atom is -0.444 e. The van der Waals surface area contributed by atoms with E-state index in [1.807, 2.05) is 42.5 Å². The van der Waals surface area contributed by atoms with Gasteiger partial charge in [0.25, 0.3) is 5.78 Å². The molecule has 0 saturated heterocycles. The van der Waals surface area contributed by atoms with Crippen LogP contribution in [0.1, 0.15) is 33.3 Å². The average molecular weight is 353 g/mol. The Morgan fingerprint density at radius 1 is 1.15 bits per heavy atom. The number of hydrogen-bond donors (Lipinski definition) is 1. The van der Waals surface area contributed by atoms with Crippen molar-refractivity contribution in [2.24, 2.45) is 0 Å². The first kappa shape index (κ1) is 19.3. The molecule has 2 aromatic rings. The van der Waals surface area contributed by atoms with Gasteiger partial charge in [0.1, 0.15) is 11.6 Å². The van der Waals surface area contributed by atoms with Crippen molar-refractivity contribution in [2.75, 3.05) is 0 Å². The van der Waals surface area contributed by atoms with Crippen molar-refractivity contribution in [2.45, 2.75) is 45.8 Å². The highest BCUT2D eigenvalue weighted by atomic mass is 16.6. The predicted molar refractivity (Wildman–Crippen MR) is 100 cm³/mol. The fourth-order valence-electron chi connectivity index (χ4n) is 2.65. The van der Waals surface area contributed by atoms with Crippen LogP contribution in [-0.4, -0.2) is 34.0 Å². The number of rotatable bonds is 5. The third kappa shape index (κ3) is 5.01. The molecule has 2 aromatic carbocycles. The zero-order valence-corrected chi connectivity index (χ0v) is 15.4. The van der Waals surface area contributed by atoms with Crippen molar-refractivity contribution in [1.29, 1.82) is 0 Å². The number of nitrogens with zero attached hydrogens (tertiary/aromatic N) is 2. The Morgan fingerprint density at radius 2 is 1.81 bits per heavy atom. The summed E-state index contributed by atoms with van der Waals surface area (Å²) >= 11 is 0. The van der Waals surface area contributed by atoms with Gasteiger partial charge in [-0.15, -0.1) is 0 Å². The Bertz CT molecular complexity index is 872. The van der Waals surface area contributed by atoms with Gasteiger partial charge in [-0.05, 0) is 37.1 Å². The van der Waals surface area contributed by atoms with Crippen LogP contribution < -0.4 is 5.32 Å². The lowest BCUT2D eigenvalue weighted by atomic mass is 9.96. The van der Waals surface area contributed by atoms with Crippen LogP contribution in [-0.2, 0) is 16.0 Å². The molecule has 0 fully saturated rings. The SMILES string of the molecule is CC(=[N+]=[N-])C(=O)[C@H](Cc1cccc2ccccc12)NC(=O)OC(C)(C)C. The van der Waals surface area contributed by atoms with Gasteiger partial charge in [0.2, 0.25) is 0 Å². The molecule has 1 N–H and O–H groups in total. The zero-order valence-electron chi connectivity index (χ0n) is 15.4. The number of Topliss-reactive ketones (excluding diaryl/α,β-unsaturated/α-hetero) is 1. The first-order valence-corrected chi connectivity index (χ1v) is 8.40. The molecule has 26 heavy (non-hydrogen) atoms. The number of amides is 1. The largest absolute Gasteiger partial charge is 0.444 e. The van der Waals surface area contributed by atoms with Crippen molar-refractivity contribution >= 4 is 28.4 Å². The van der Waals surface area contributed by atoms with Gasteiger partial charge in [0.05, 0.1) is 0 Å². The fourth-order valence-corrected chi connectivity index (χ4v) is 2.65. The molecular weight excluding hydrogens is 330 g/mol. The van der Waals surface area contributed by atoms with Gasteiger partial charge < -0.3 is 15.6 Å². The lowest BCUT2D eigenvalue weighted by molar-refractivity contribution is -0.119. The van der Waals surface area contributed by atoms with E-state index >= 15 is 0 Å². The van der Waals surface area contributed by atoms with Crippen molar-refractivity contribution in [3.05, 3.63) is 53.6 Å². The quantitative estimate of drug-likeness (QED) is 0.506. The molecule has 0 saturated carbocycles. The lowest BCUT2D eigenvalue weighted by Gasteiger charge is -2.22. The molecule has 1 atom stereocenters. The van der Waals surface area contributed by atoms with E-state index in [2.05, 4.69) is 10.1 Å². The van der Waals surface area contributed by atoms with Crippen LogP contribution in [0.2, 0.25) is 0 Å². The monoisotopic (exact) mass is 353 g/mol. The Kier molecular flexibility index (Phi) is 5.90. The van der Waals surface area contributed by atoms with Crippen LogP contribution in [0.3, 0.4) is 0 Å². The van der Waals surface area contributed by atoms with E-state index in [1.54, 1.807) is 20.8 Å². The molecule has 0 aliphatic carbocycles. The molecule has 0 unspecified atom stereocenters.